The molecule has 0 N–H and O–H groups in total. The second-order valence-electron chi connectivity index (χ2n) is 7.58. The molecule has 6 rings (SSSR count). The summed E-state index contributed by atoms with van der Waals surface area (Å²) in [6.45, 7) is 0.683. The first-order chi connectivity index (χ1) is 15.6. The molecule has 0 radical (unpaired) electrons. The van der Waals surface area contributed by atoms with Gasteiger partial charge in [0.2, 0.25) is 5.79 Å². The molecule has 162 valence electrons. The third-order valence-electron chi connectivity index (χ3n) is 5.60. The van der Waals surface area contributed by atoms with Crippen LogP contribution >= 0.6 is 23.2 Å². The zero-order valence-electron chi connectivity index (χ0n) is 16.6. The Bertz CT molecular complexity index is 1240. The quantitative estimate of drug-likeness (QED) is 0.424. The lowest BCUT2D eigenvalue weighted by molar-refractivity contribution is -0.188. The SMILES string of the molecule is Clc1ccc([C@]2(C3c4nccn43)OC[C@@H](COc3ccc(-n4cncn4)cc3)O2)c(Cl)c1. The standard InChI is InChI=1S/C22H17Cl2N5O3/c23-14-1-6-18(19(24)9-14)22(20-21-26-7-8-28(20)21)31-11-17(32-22)10-30-16-4-2-15(3-5-16)29-13-25-12-27-29/h1-9,12-13,17,20H,10-11H2/t17-,20?,22+,28?/m1/s1. The number of ether oxygens (including phenoxy) is 3. The minimum atomic E-state index is -1.07. The van der Waals surface area contributed by atoms with Crippen molar-refractivity contribution in [3.8, 4) is 11.4 Å². The molecule has 2 aromatic carbocycles. The molecular formula is C22H17Cl2N5O3. The summed E-state index contributed by atoms with van der Waals surface area (Å²) in [5.74, 6) is 0.538. The Morgan fingerprint density at radius 3 is 2.75 bits per heavy atom. The third kappa shape index (κ3) is 3.27. The van der Waals surface area contributed by atoms with Crippen LogP contribution in [0.5, 0.6) is 5.75 Å². The number of rotatable bonds is 6. The average Bonchev–Trinajstić information content (AvgIpc) is 3.31. The third-order valence-corrected chi connectivity index (χ3v) is 6.15. The average molecular weight is 470 g/mol. The molecule has 2 aliphatic rings. The highest BCUT2D eigenvalue weighted by Gasteiger charge is 2.60. The van der Waals surface area contributed by atoms with Gasteiger partial charge in [0.15, 0.2) is 6.04 Å². The van der Waals surface area contributed by atoms with E-state index in [1.165, 1.54) is 6.33 Å². The molecule has 3 atom stereocenters. The molecule has 32 heavy (non-hydrogen) atoms. The lowest BCUT2D eigenvalue weighted by atomic mass is 10.0. The highest BCUT2D eigenvalue weighted by molar-refractivity contribution is 6.35. The number of hydrogen-bond donors (Lipinski definition) is 0. The predicted octanol–water partition coefficient (Wildman–Crippen LogP) is 4.02. The first-order valence-corrected chi connectivity index (χ1v) is 10.8. The Hall–Kier alpha value is -2.91. The molecule has 0 aliphatic carbocycles. The molecule has 10 heteroatoms. The van der Waals surface area contributed by atoms with E-state index in [2.05, 4.69) is 15.1 Å². The van der Waals surface area contributed by atoms with E-state index in [0.29, 0.717) is 23.3 Å². The van der Waals surface area contributed by atoms with Crippen molar-refractivity contribution >= 4 is 23.2 Å². The summed E-state index contributed by atoms with van der Waals surface area (Å²) in [5.41, 5.74) is 1.62. The molecule has 0 spiro atoms. The Kier molecular flexibility index (Phi) is 4.69. The smallest absolute Gasteiger partial charge is 0.225 e. The van der Waals surface area contributed by atoms with Crippen LogP contribution in [0.1, 0.15) is 17.4 Å². The van der Waals surface area contributed by atoms with E-state index in [4.69, 9.17) is 37.4 Å². The summed E-state index contributed by atoms with van der Waals surface area (Å²) in [6.07, 6.45) is 6.50. The van der Waals surface area contributed by atoms with Crippen LogP contribution in [0.15, 0.2) is 67.5 Å². The molecule has 0 amide bonds. The molecule has 1 saturated heterocycles. The minimum Gasteiger partial charge on any atom is -0.491 e. The molecule has 8 nitrogen and oxygen atoms in total. The van der Waals surface area contributed by atoms with Crippen molar-refractivity contribution in [2.75, 3.05) is 13.2 Å². The van der Waals surface area contributed by atoms with Crippen molar-refractivity contribution < 1.29 is 14.2 Å². The van der Waals surface area contributed by atoms with E-state index in [9.17, 15) is 0 Å². The fourth-order valence-corrected chi connectivity index (χ4v) is 4.62. The summed E-state index contributed by atoms with van der Waals surface area (Å²) in [6, 6.07) is 12.7. The first-order valence-electron chi connectivity index (χ1n) is 10.0. The van der Waals surface area contributed by atoms with E-state index in [1.807, 2.05) is 41.1 Å². The summed E-state index contributed by atoms with van der Waals surface area (Å²) in [7, 11) is 0. The Balaban J connectivity index is 1.19. The molecular weight excluding hydrogens is 453 g/mol. The monoisotopic (exact) mass is 469 g/mol. The summed E-state index contributed by atoms with van der Waals surface area (Å²) in [4.78, 5) is 8.35. The van der Waals surface area contributed by atoms with Gasteiger partial charge in [0.25, 0.3) is 0 Å². The highest BCUT2D eigenvalue weighted by Crippen LogP contribution is 2.54. The lowest BCUT2D eigenvalue weighted by Gasteiger charge is -2.29. The molecule has 0 bridgehead atoms. The number of fused-ring (bicyclic) bond motifs is 1. The van der Waals surface area contributed by atoms with Gasteiger partial charge in [-0.1, -0.05) is 29.3 Å². The van der Waals surface area contributed by atoms with E-state index in [0.717, 1.165) is 22.8 Å². The van der Waals surface area contributed by atoms with Crippen LogP contribution < -0.4 is 4.74 Å². The van der Waals surface area contributed by atoms with Gasteiger partial charge in [-0.3, -0.25) is 0 Å². The van der Waals surface area contributed by atoms with E-state index in [1.54, 1.807) is 29.3 Å². The van der Waals surface area contributed by atoms with Gasteiger partial charge < -0.3 is 18.8 Å². The van der Waals surface area contributed by atoms with Crippen molar-refractivity contribution in [2.45, 2.75) is 17.9 Å². The largest absolute Gasteiger partial charge is 0.491 e. The zero-order chi connectivity index (χ0) is 21.7. The van der Waals surface area contributed by atoms with E-state index < -0.39 is 5.79 Å². The van der Waals surface area contributed by atoms with Crippen molar-refractivity contribution in [3.05, 3.63) is 88.9 Å². The van der Waals surface area contributed by atoms with Crippen LogP contribution in [-0.4, -0.2) is 43.6 Å². The number of hydrogen-bond acceptors (Lipinski definition) is 6. The molecule has 4 heterocycles. The fourth-order valence-electron chi connectivity index (χ4n) is 4.08. The van der Waals surface area contributed by atoms with Crippen molar-refractivity contribution in [2.24, 2.45) is 0 Å². The Morgan fingerprint density at radius 2 is 2.03 bits per heavy atom. The fraction of sp³-hybridized carbons (Fsp3) is 0.227. The summed E-state index contributed by atoms with van der Waals surface area (Å²) < 4.78 is 22.4. The van der Waals surface area contributed by atoms with E-state index in [-0.39, 0.29) is 12.1 Å². The van der Waals surface area contributed by atoms with Gasteiger partial charge in [0.1, 0.15) is 36.9 Å². The van der Waals surface area contributed by atoms with Gasteiger partial charge >= 0.3 is 0 Å². The maximum absolute atomic E-state index is 6.54. The van der Waals surface area contributed by atoms with Crippen LogP contribution in [0.4, 0.5) is 0 Å². The van der Waals surface area contributed by atoms with Crippen molar-refractivity contribution in [3.63, 3.8) is 0 Å². The van der Waals surface area contributed by atoms with Crippen molar-refractivity contribution in [1.29, 1.82) is 0 Å². The van der Waals surface area contributed by atoms with Gasteiger partial charge in [-0.05, 0) is 36.4 Å². The first kappa shape index (κ1) is 19.8. The van der Waals surface area contributed by atoms with E-state index >= 15 is 0 Å². The number of imidazole rings is 1. The van der Waals surface area contributed by atoms with Gasteiger partial charge in [-0.2, -0.15) is 5.10 Å². The Labute approximate surface area is 193 Å². The number of halogens is 2. The maximum Gasteiger partial charge on any atom is 0.225 e. The normalized spacial score (nSPS) is 23.8. The Morgan fingerprint density at radius 1 is 1.16 bits per heavy atom. The second-order valence-corrected chi connectivity index (χ2v) is 8.43. The predicted molar refractivity (Wildman–Crippen MR) is 116 cm³/mol. The van der Waals surface area contributed by atoms with Gasteiger partial charge in [-0.15, -0.1) is 0 Å². The van der Waals surface area contributed by atoms with Crippen molar-refractivity contribution in [1.82, 2.24) is 24.3 Å². The van der Waals surface area contributed by atoms with Crippen LogP contribution in [-0.2, 0) is 15.3 Å². The summed E-state index contributed by atoms with van der Waals surface area (Å²) >= 11 is 12.7. The van der Waals surface area contributed by atoms with Crippen LogP contribution in [0.2, 0.25) is 10.0 Å². The van der Waals surface area contributed by atoms with Gasteiger partial charge in [0.05, 0.1) is 17.3 Å². The van der Waals surface area contributed by atoms with Gasteiger partial charge in [0, 0.05) is 23.0 Å². The maximum atomic E-state index is 6.54. The van der Waals surface area contributed by atoms with Crippen LogP contribution in [0.3, 0.4) is 0 Å². The molecule has 2 aromatic heterocycles. The number of benzene rings is 2. The molecule has 4 aromatic rings. The molecule has 0 saturated carbocycles. The van der Waals surface area contributed by atoms with Gasteiger partial charge in [-0.25, -0.2) is 14.6 Å². The molecule has 2 aliphatic heterocycles. The minimum absolute atomic E-state index is 0.168. The zero-order valence-corrected chi connectivity index (χ0v) is 18.1. The topological polar surface area (TPSA) is 76.2 Å². The van der Waals surface area contributed by atoms with Crippen LogP contribution in [0, 0.1) is 0 Å². The number of aromatic nitrogens is 5. The second kappa shape index (κ2) is 7.60. The molecule has 1 unspecified atom stereocenters. The van der Waals surface area contributed by atoms with Crippen LogP contribution in [0.25, 0.3) is 5.69 Å². The summed E-state index contributed by atoms with van der Waals surface area (Å²) in [5, 5.41) is 5.15. The molecule has 1 fully saturated rings. The lowest BCUT2D eigenvalue weighted by Crippen LogP contribution is -2.33. The number of nitrogens with zero attached hydrogens (tertiary/aromatic N) is 5. The highest BCUT2D eigenvalue weighted by atomic mass is 35.5.